The van der Waals surface area contributed by atoms with Gasteiger partial charge in [-0.15, -0.1) is 0 Å². The first-order chi connectivity index (χ1) is 9.65. The predicted octanol–water partition coefficient (Wildman–Crippen LogP) is 2.50. The predicted molar refractivity (Wildman–Crippen MR) is 80.6 cm³/mol. The van der Waals surface area contributed by atoms with Crippen LogP contribution in [0.3, 0.4) is 0 Å². The molecule has 1 aromatic carbocycles. The summed E-state index contributed by atoms with van der Waals surface area (Å²) in [6.07, 6.45) is 4.05. The van der Waals surface area contributed by atoms with E-state index in [1.54, 1.807) is 12.1 Å². The smallest absolute Gasteiger partial charge is 0.258 e. The number of rotatable bonds is 6. The molecule has 1 aliphatic carbocycles. The normalized spacial score (nSPS) is 16.9. The van der Waals surface area contributed by atoms with Crippen molar-refractivity contribution in [3.05, 3.63) is 28.7 Å². The van der Waals surface area contributed by atoms with Gasteiger partial charge >= 0.3 is 0 Å². The molecule has 0 saturated heterocycles. The Labute approximate surface area is 127 Å². The van der Waals surface area contributed by atoms with Gasteiger partial charge in [-0.3, -0.25) is 4.79 Å². The lowest BCUT2D eigenvalue weighted by Crippen LogP contribution is -2.37. The van der Waals surface area contributed by atoms with Crippen molar-refractivity contribution in [2.45, 2.75) is 31.8 Å². The Morgan fingerprint density at radius 3 is 2.65 bits per heavy atom. The minimum Gasteiger partial charge on any atom is -0.484 e. The molecule has 5 heteroatoms. The summed E-state index contributed by atoms with van der Waals surface area (Å²) in [4.78, 5) is 11.6. The monoisotopic (exact) mass is 341 g/mol. The Bertz CT molecular complexity index is 429. The lowest BCUT2D eigenvalue weighted by Gasteiger charge is -2.18. The highest BCUT2D eigenvalue weighted by atomic mass is 79.9. The minimum atomic E-state index is -0.436. The van der Waals surface area contributed by atoms with E-state index in [2.05, 4.69) is 21.2 Å². The van der Waals surface area contributed by atoms with E-state index in [1.165, 1.54) is 12.8 Å². The van der Waals surface area contributed by atoms with Crippen molar-refractivity contribution in [3.63, 3.8) is 0 Å². The van der Waals surface area contributed by atoms with Crippen LogP contribution in [0.1, 0.15) is 25.7 Å². The number of hydrogen-bond acceptors (Lipinski definition) is 3. The summed E-state index contributed by atoms with van der Waals surface area (Å²) in [6.45, 7) is 0.284. The van der Waals surface area contributed by atoms with Crippen LogP contribution in [0.25, 0.3) is 0 Å². The van der Waals surface area contributed by atoms with Crippen molar-refractivity contribution >= 4 is 21.8 Å². The standard InChI is InChI=1S/C15H20BrNO3/c16-12-5-7-13(8-6-12)20-10-15(19)17-9-14(18)11-3-1-2-4-11/h5-8,11,14,18H,1-4,9-10H2,(H,17,19). The fraction of sp³-hybridized carbons (Fsp3) is 0.533. The first-order valence-corrected chi connectivity index (χ1v) is 7.77. The molecule has 4 nitrogen and oxygen atoms in total. The molecule has 0 bridgehead atoms. The van der Waals surface area contributed by atoms with Gasteiger partial charge in [-0.1, -0.05) is 28.8 Å². The van der Waals surface area contributed by atoms with E-state index >= 15 is 0 Å². The maximum absolute atomic E-state index is 11.6. The van der Waals surface area contributed by atoms with Crippen molar-refractivity contribution in [1.29, 1.82) is 0 Å². The molecule has 1 atom stereocenters. The summed E-state index contributed by atoms with van der Waals surface area (Å²) < 4.78 is 6.33. The van der Waals surface area contributed by atoms with Gasteiger partial charge in [-0.05, 0) is 43.0 Å². The topological polar surface area (TPSA) is 58.6 Å². The van der Waals surface area contributed by atoms with E-state index in [4.69, 9.17) is 4.74 Å². The Hall–Kier alpha value is -1.07. The van der Waals surface area contributed by atoms with Crippen molar-refractivity contribution in [3.8, 4) is 5.75 Å². The van der Waals surface area contributed by atoms with Gasteiger partial charge in [0, 0.05) is 11.0 Å². The van der Waals surface area contributed by atoms with E-state index in [-0.39, 0.29) is 12.5 Å². The Balaban J connectivity index is 1.66. The van der Waals surface area contributed by atoms with Gasteiger partial charge in [-0.25, -0.2) is 0 Å². The zero-order chi connectivity index (χ0) is 14.4. The van der Waals surface area contributed by atoms with Gasteiger partial charge in [0.15, 0.2) is 6.61 Å². The van der Waals surface area contributed by atoms with Gasteiger partial charge < -0.3 is 15.2 Å². The quantitative estimate of drug-likeness (QED) is 0.835. The van der Waals surface area contributed by atoms with E-state index in [1.807, 2.05) is 12.1 Å². The van der Waals surface area contributed by atoms with Crippen LogP contribution in [0.5, 0.6) is 5.75 Å². The molecule has 1 aliphatic rings. The summed E-state index contributed by atoms with van der Waals surface area (Å²) in [5.74, 6) is 0.785. The van der Waals surface area contributed by atoms with Gasteiger partial charge in [0.05, 0.1) is 6.10 Å². The van der Waals surface area contributed by atoms with Crippen LogP contribution >= 0.6 is 15.9 Å². The van der Waals surface area contributed by atoms with Crippen molar-refractivity contribution in [2.24, 2.45) is 5.92 Å². The van der Waals surface area contributed by atoms with Crippen molar-refractivity contribution in [2.75, 3.05) is 13.2 Å². The maximum atomic E-state index is 11.6. The second-order valence-corrected chi connectivity index (χ2v) is 6.07. The molecule has 20 heavy (non-hydrogen) atoms. The van der Waals surface area contributed by atoms with Gasteiger partial charge in [-0.2, -0.15) is 0 Å². The van der Waals surface area contributed by atoms with E-state index in [9.17, 15) is 9.90 Å². The Morgan fingerprint density at radius 1 is 1.35 bits per heavy atom. The molecular formula is C15H20BrNO3. The van der Waals surface area contributed by atoms with Crippen LogP contribution in [0.15, 0.2) is 28.7 Å². The van der Waals surface area contributed by atoms with Crippen LogP contribution < -0.4 is 10.1 Å². The molecule has 110 valence electrons. The molecule has 0 aliphatic heterocycles. The molecule has 1 fully saturated rings. The summed E-state index contributed by atoms with van der Waals surface area (Å²) in [6, 6.07) is 7.31. The van der Waals surface area contributed by atoms with Crippen molar-refractivity contribution in [1.82, 2.24) is 5.32 Å². The van der Waals surface area contributed by atoms with Gasteiger partial charge in [0.1, 0.15) is 5.75 Å². The molecule has 0 heterocycles. The number of aliphatic hydroxyl groups is 1. The second kappa shape index (κ2) is 7.64. The first kappa shape index (κ1) is 15.3. The number of halogens is 1. The third-order valence-electron chi connectivity index (χ3n) is 3.64. The number of carbonyl (C=O) groups excluding carboxylic acids is 1. The summed E-state index contributed by atoms with van der Waals surface area (Å²) in [5, 5.41) is 12.7. The number of aliphatic hydroxyl groups excluding tert-OH is 1. The molecule has 1 amide bonds. The van der Waals surface area contributed by atoms with E-state index in [0.29, 0.717) is 18.2 Å². The van der Waals surface area contributed by atoms with Crippen LogP contribution in [0, 0.1) is 5.92 Å². The zero-order valence-corrected chi connectivity index (χ0v) is 12.9. The van der Waals surface area contributed by atoms with Gasteiger partial charge in [0.2, 0.25) is 0 Å². The molecule has 0 spiro atoms. The largest absolute Gasteiger partial charge is 0.484 e. The van der Waals surface area contributed by atoms with Crippen LogP contribution in [-0.2, 0) is 4.79 Å². The fourth-order valence-corrected chi connectivity index (χ4v) is 2.72. The average Bonchev–Trinajstić information content (AvgIpc) is 2.98. The molecular weight excluding hydrogens is 322 g/mol. The van der Waals surface area contributed by atoms with Crippen LogP contribution in [0.4, 0.5) is 0 Å². The highest BCUT2D eigenvalue weighted by Crippen LogP contribution is 2.27. The summed E-state index contributed by atoms with van der Waals surface area (Å²) in [5.41, 5.74) is 0. The molecule has 1 aromatic rings. The summed E-state index contributed by atoms with van der Waals surface area (Å²) in [7, 11) is 0. The lowest BCUT2D eigenvalue weighted by atomic mass is 10.0. The SMILES string of the molecule is O=C(COc1ccc(Br)cc1)NCC(O)C1CCCC1. The maximum Gasteiger partial charge on any atom is 0.258 e. The number of amides is 1. The van der Waals surface area contributed by atoms with E-state index in [0.717, 1.165) is 17.3 Å². The molecule has 0 aromatic heterocycles. The van der Waals surface area contributed by atoms with Crippen LogP contribution in [-0.4, -0.2) is 30.3 Å². The molecule has 1 saturated carbocycles. The summed E-state index contributed by atoms with van der Waals surface area (Å²) >= 11 is 3.34. The van der Waals surface area contributed by atoms with Gasteiger partial charge in [0.25, 0.3) is 5.91 Å². The third kappa shape index (κ3) is 4.80. The van der Waals surface area contributed by atoms with Crippen molar-refractivity contribution < 1.29 is 14.6 Å². The molecule has 1 unspecified atom stereocenters. The highest BCUT2D eigenvalue weighted by molar-refractivity contribution is 9.10. The number of ether oxygens (including phenoxy) is 1. The van der Waals surface area contributed by atoms with E-state index < -0.39 is 6.10 Å². The third-order valence-corrected chi connectivity index (χ3v) is 4.16. The number of hydrogen-bond donors (Lipinski definition) is 2. The zero-order valence-electron chi connectivity index (χ0n) is 11.3. The van der Waals surface area contributed by atoms with Crippen LogP contribution in [0.2, 0.25) is 0 Å². The number of nitrogens with one attached hydrogen (secondary N) is 1. The Morgan fingerprint density at radius 2 is 2.00 bits per heavy atom. The number of carbonyl (C=O) groups is 1. The highest BCUT2D eigenvalue weighted by Gasteiger charge is 2.23. The molecule has 2 N–H and O–H groups in total. The minimum absolute atomic E-state index is 0.0288. The lowest BCUT2D eigenvalue weighted by molar-refractivity contribution is -0.123. The first-order valence-electron chi connectivity index (χ1n) is 6.98. The number of benzene rings is 1. The fourth-order valence-electron chi connectivity index (χ4n) is 2.46. The molecule has 0 radical (unpaired) electrons. The average molecular weight is 342 g/mol. The molecule has 2 rings (SSSR count). The second-order valence-electron chi connectivity index (χ2n) is 5.16. The Kier molecular flexibility index (Phi) is 5.86.